The summed E-state index contributed by atoms with van der Waals surface area (Å²) < 4.78 is 37.3. The fraction of sp³-hybridized carbons (Fsp3) is 0.462. The largest absolute Gasteiger partial charge is 0.497 e. The van der Waals surface area contributed by atoms with Crippen LogP contribution in [-0.2, 0) is 26.2 Å². The zero-order valence-electron chi connectivity index (χ0n) is 21.7. The van der Waals surface area contributed by atoms with Crippen LogP contribution in [0.4, 0.5) is 5.69 Å². The van der Waals surface area contributed by atoms with Gasteiger partial charge in [0.2, 0.25) is 21.8 Å². The van der Waals surface area contributed by atoms with Gasteiger partial charge in [0.25, 0.3) is 0 Å². The van der Waals surface area contributed by atoms with E-state index in [-0.39, 0.29) is 18.1 Å². The minimum Gasteiger partial charge on any atom is -0.497 e. The van der Waals surface area contributed by atoms with Crippen LogP contribution in [0.15, 0.2) is 48.5 Å². The Bertz CT molecular complexity index is 1100. The summed E-state index contributed by atoms with van der Waals surface area (Å²) in [5, 5.41) is 2.86. The van der Waals surface area contributed by atoms with Crippen LogP contribution in [0.5, 0.6) is 11.5 Å². The van der Waals surface area contributed by atoms with Crippen molar-refractivity contribution in [2.75, 3.05) is 37.4 Å². The molecule has 0 radical (unpaired) electrons. The lowest BCUT2D eigenvalue weighted by Crippen LogP contribution is -2.51. The highest BCUT2D eigenvalue weighted by Gasteiger charge is 2.31. The molecule has 0 aliphatic carbocycles. The second-order valence-corrected chi connectivity index (χ2v) is 10.3. The first kappa shape index (κ1) is 29.0. The molecule has 9 nitrogen and oxygen atoms in total. The van der Waals surface area contributed by atoms with E-state index in [4.69, 9.17) is 9.47 Å². The average molecular weight is 520 g/mol. The molecule has 2 aromatic rings. The molecule has 0 aromatic heterocycles. The number of carbonyl (C=O) groups is 2. The SMILES string of the molecule is CCCCNC(=O)[C@@H](C)N(Cc1ccc(OC)cc1)C(=O)CN(c1ccccc1OCC)S(C)(=O)=O. The standard InChI is InChI=1S/C26H37N3O6S/c1-6-8-17-27-26(31)20(3)28(18-21-13-15-22(34-4)16-14-21)25(30)19-29(36(5,32)33)23-11-9-10-12-24(23)35-7-2/h9-16,20H,6-8,17-19H2,1-5H3,(H,27,31)/t20-/m1/s1. The molecule has 1 N–H and O–H groups in total. The minimum atomic E-state index is -3.84. The highest BCUT2D eigenvalue weighted by atomic mass is 32.2. The summed E-state index contributed by atoms with van der Waals surface area (Å²) in [5.74, 6) is 0.203. The highest BCUT2D eigenvalue weighted by Crippen LogP contribution is 2.30. The van der Waals surface area contributed by atoms with Crippen molar-refractivity contribution in [1.29, 1.82) is 0 Å². The molecule has 0 saturated carbocycles. The normalized spacial score (nSPS) is 11.9. The van der Waals surface area contributed by atoms with E-state index >= 15 is 0 Å². The zero-order valence-corrected chi connectivity index (χ0v) is 22.5. The fourth-order valence-electron chi connectivity index (χ4n) is 3.58. The molecule has 0 aliphatic heterocycles. The number of nitrogens with zero attached hydrogens (tertiary/aromatic N) is 2. The van der Waals surface area contributed by atoms with E-state index in [1.165, 1.54) is 4.90 Å². The monoisotopic (exact) mass is 519 g/mol. The number of unbranched alkanes of at least 4 members (excludes halogenated alkanes) is 1. The van der Waals surface area contributed by atoms with E-state index < -0.39 is 28.5 Å². The van der Waals surface area contributed by atoms with Crippen molar-refractivity contribution >= 4 is 27.5 Å². The molecule has 0 heterocycles. The highest BCUT2D eigenvalue weighted by molar-refractivity contribution is 7.92. The van der Waals surface area contributed by atoms with Gasteiger partial charge in [-0.1, -0.05) is 37.6 Å². The molecule has 2 rings (SSSR count). The fourth-order valence-corrected chi connectivity index (χ4v) is 4.43. The summed E-state index contributed by atoms with van der Waals surface area (Å²) in [6.45, 7) is 5.93. The Hall–Kier alpha value is -3.27. The predicted octanol–water partition coefficient (Wildman–Crippen LogP) is 3.19. The lowest BCUT2D eigenvalue weighted by Gasteiger charge is -2.32. The maximum Gasteiger partial charge on any atom is 0.244 e. The Labute approximate surface area is 214 Å². The summed E-state index contributed by atoms with van der Waals surface area (Å²) in [6.07, 6.45) is 2.78. The molecule has 0 spiro atoms. The van der Waals surface area contributed by atoms with Crippen LogP contribution in [0.3, 0.4) is 0 Å². The molecular formula is C26H37N3O6S. The Kier molecular flexibility index (Phi) is 11.0. The topological polar surface area (TPSA) is 105 Å². The Balaban J connectivity index is 2.39. The number of anilines is 1. The molecule has 10 heteroatoms. The first-order valence-corrected chi connectivity index (χ1v) is 13.9. The second kappa shape index (κ2) is 13.7. The summed E-state index contributed by atoms with van der Waals surface area (Å²) in [7, 11) is -2.28. The van der Waals surface area contributed by atoms with E-state index in [1.54, 1.807) is 69.5 Å². The third-order valence-electron chi connectivity index (χ3n) is 5.62. The smallest absolute Gasteiger partial charge is 0.244 e. The van der Waals surface area contributed by atoms with Crippen LogP contribution >= 0.6 is 0 Å². The lowest BCUT2D eigenvalue weighted by molar-refractivity contribution is -0.139. The van der Waals surface area contributed by atoms with Crippen molar-refractivity contribution in [1.82, 2.24) is 10.2 Å². The van der Waals surface area contributed by atoms with Gasteiger partial charge in [0.15, 0.2) is 0 Å². The molecule has 0 fully saturated rings. The van der Waals surface area contributed by atoms with Gasteiger partial charge >= 0.3 is 0 Å². The van der Waals surface area contributed by atoms with Gasteiger partial charge in [0.05, 0.1) is 25.7 Å². The van der Waals surface area contributed by atoms with Gasteiger partial charge in [-0.3, -0.25) is 13.9 Å². The second-order valence-electron chi connectivity index (χ2n) is 8.36. The minimum absolute atomic E-state index is 0.121. The number of nitrogens with one attached hydrogen (secondary N) is 1. The number of carbonyl (C=O) groups excluding carboxylic acids is 2. The number of rotatable bonds is 14. The van der Waals surface area contributed by atoms with Crippen molar-refractivity contribution in [3.05, 3.63) is 54.1 Å². The average Bonchev–Trinajstić information content (AvgIpc) is 2.85. The van der Waals surface area contributed by atoms with Crippen molar-refractivity contribution in [3.63, 3.8) is 0 Å². The quantitative estimate of drug-likeness (QED) is 0.385. The maximum atomic E-state index is 13.6. The van der Waals surface area contributed by atoms with Crippen molar-refractivity contribution in [2.45, 2.75) is 46.2 Å². The number of benzene rings is 2. The number of hydrogen-bond acceptors (Lipinski definition) is 6. The zero-order chi connectivity index (χ0) is 26.7. The van der Waals surface area contributed by atoms with Gasteiger partial charge in [-0.25, -0.2) is 8.42 Å². The molecule has 0 unspecified atom stereocenters. The Morgan fingerprint density at radius 3 is 2.31 bits per heavy atom. The number of methoxy groups -OCH3 is 1. The summed E-state index contributed by atoms with van der Waals surface area (Å²) >= 11 is 0. The first-order chi connectivity index (χ1) is 17.1. The summed E-state index contributed by atoms with van der Waals surface area (Å²) in [5.41, 5.74) is 1.04. The van der Waals surface area contributed by atoms with Gasteiger partial charge < -0.3 is 19.7 Å². The van der Waals surface area contributed by atoms with Crippen LogP contribution in [0.2, 0.25) is 0 Å². The third-order valence-corrected chi connectivity index (χ3v) is 6.75. The molecule has 1 atom stereocenters. The van der Waals surface area contributed by atoms with E-state index in [1.807, 2.05) is 6.92 Å². The van der Waals surface area contributed by atoms with E-state index in [0.29, 0.717) is 24.7 Å². The molecule has 0 saturated heterocycles. The van der Waals surface area contributed by atoms with Crippen LogP contribution in [0.1, 0.15) is 39.2 Å². The third kappa shape index (κ3) is 8.15. The first-order valence-electron chi connectivity index (χ1n) is 12.0. The molecule has 0 aliphatic rings. The van der Waals surface area contributed by atoms with Gasteiger partial charge in [-0.15, -0.1) is 0 Å². The maximum absolute atomic E-state index is 13.6. The number of amides is 2. The molecule has 198 valence electrons. The van der Waals surface area contributed by atoms with Crippen molar-refractivity contribution in [2.24, 2.45) is 0 Å². The molecule has 2 aromatic carbocycles. The summed E-state index contributed by atoms with van der Waals surface area (Å²) in [4.78, 5) is 27.9. The molecular weight excluding hydrogens is 482 g/mol. The van der Waals surface area contributed by atoms with Crippen LogP contribution in [-0.4, -0.2) is 64.2 Å². The van der Waals surface area contributed by atoms with E-state index in [2.05, 4.69) is 5.32 Å². The van der Waals surface area contributed by atoms with Gasteiger partial charge in [0, 0.05) is 13.1 Å². The number of sulfonamides is 1. The number of hydrogen-bond donors (Lipinski definition) is 1. The molecule has 2 amide bonds. The van der Waals surface area contributed by atoms with Crippen LogP contribution < -0.4 is 19.1 Å². The number of ether oxygens (including phenoxy) is 2. The van der Waals surface area contributed by atoms with Gasteiger partial charge in [0.1, 0.15) is 24.1 Å². The van der Waals surface area contributed by atoms with Crippen LogP contribution in [0, 0.1) is 0 Å². The lowest BCUT2D eigenvalue weighted by atomic mass is 10.1. The van der Waals surface area contributed by atoms with Crippen molar-refractivity contribution < 1.29 is 27.5 Å². The van der Waals surface area contributed by atoms with Gasteiger partial charge in [-0.05, 0) is 50.1 Å². The predicted molar refractivity (Wildman–Crippen MR) is 141 cm³/mol. The Morgan fingerprint density at radius 1 is 1.06 bits per heavy atom. The van der Waals surface area contributed by atoms with E-state index in [0.717, 1.165) is 29.0 Å². The number of para-hydroxylation sites is 2. The summed E-state index contributed by atoms with van der Waals surface area (Å²) in [6, 6.07) is 13.0. The van der Waals surface area contributed by atoms with E-state index in [9.17, 15) is 18.0 Å². The van der Waals surface area contributed by atoms with Crippen LogP contribution in [0.25, 0.3) is 0 Å². The van der Waals surface area contributed by atoms with Gasteiger partial charge in [-0.2, -0.15) is 0 Å². The molecule has 0 bridgehead atoms. The van der Waals surface area contributed by atoms with Crippen molar-refractivity contribution in [3.8, 4) is 11.5 Å². The molecule has 36 heavy (non-hydrogen) atoms. The Morgan fingerprint density at radius 2 is 1.72 bits per heavy atom.